The molecule has 2 fully saturated rings. The normalized spacial score (nSPS) is 43.6. The van der Waals surface area contributed by atoms with Crippen LogP contribution in [0.3, 0.4) is 0 Å². The Hall–Kier alpha value is -0.240. The van der Waals surface area contributed by atoms with E-state index < -0.39 is 36.8 Å². The number of aliphatic hydroxyl groups is 4. The molecule has 1 saturated carbocycles. The van der Waals surface area contributed by atoms with E-state index in [4.69, 9.17) is 9.47 Å². The SMILES string of the molecule is CCOC1O[C@H](CO)[C@@H](O)[C@H](O)[C@]1(O)C1CCCCC1. The lowest BCUT2D eigenvalue weighted by molar-refractivity contribution is -0.355. The highest BCUT2D eigenvalue weighted by molar-refractivity contribution is 5.04. The summed E-state index contributed by atoms with van der Waals surface area (Å²) >= 11 is 0. The minimum Gasteiger partial charge on any atom is -0.394 e. The van der Waals surface area contributed by atoms with Gasteiger partial charge in [-0.25, -0.2) is 0 Å². The Balaban J connectivity index is 2.24. The third-order valence-electron chi connectivity index (χ3n) is 4.61. The molecular weight excluding hydrogens is 264 g/mol. The summed E-state index contributed by atoms with van der Waals surface area (Å²) in [6, 6.07) is 0. The highest BCUT2D eigenvalue weighted by Gasteiger charge is 2.58. The summed E-state index contributed by atoms with van der Waals surface area (Å²) in [5.41, 5.74) is -1.62. The van der Waals surface area contributed by atoms with Crippen LogP contribution in [0, 0.1) is 5.92 Å². The third kappa shape index (κ3) is 2.73. The van der Waals surface area contributed by atoms with Gasteiger partial charge in [-0.1, -0.05) is 19.3 Å². The monoisotopic (exact) mass is 290 g/mol. The van der Waals surface area contributed by atoms with Crippen LogP contribution in [-0.4, -0.2) is 63.8 Å². The lowest BCUT2D eigenvalue weighted by Gasteiger charge is -2.51. The van der Waals surface area contributed by atoms with Crippen molar-refractivity contribution in [3.05, 3.63) is 0 Å². The largest absolute Gasteiger partial charge is 0.394 e. The molecule has 1 aliphatic carbocycles. The van der Waals surface area contributed by atoms with Crippen molar-refractivity contribution in [3.8, 4) is 0 Å². The first-order valence-corrected chi connectivity index (χ1v) is 7.52. The van der Waals surface area contributed by atoms with Gasteiger partial charge in [-0.05, 0) is 25.7 Å². The number of rotatable bonds is 4. The van der Waals surface area contributed by atoms with E-state index >= 15 is 0 Å². The molecule has 1 aliphatic heterocycles. The fourth-order valence-electron chi connectivity index (χ4n) is 3.44. The van der Waals surface area contributed by atoms with Crippen molar-refractivity contribution in [2.75, 3.05) is 13.2 Å². The average molecular weight is 290 g/mol. The fraction of sp³-hybridized carbons (Fsp3) is 1.00. The molecule has 0 aromatic heterocycles. The maximum atomic E-state index is 11.0. The lowest BCUT2D eigenvalue weighted by atomic mass is 9.70. The van der Waals surface area contributed by atoms with Gasteiger partial charge in [0.05, 0.1) is 6.61 Å². The highest BCUT2D eigenvalue weighted by Crippen LogP contribution is 2.42. The van der Waals surface area contributed by atoms with Crippen molar-refractivity contribution in [3.63, 3.8) is 0 Å². The number of hydrogen-bond donors (Lipinski definition) is 4. The minimum absolute atomic E-state index is 0.169. The zero-order valence-corrected chi connectivity index (χ0v) is 11.9. The number of ether oxygens (including phenoxy) is 2. The van der Waals surface area contributed by atoms with Gasteiger partial charge in [0.2, 0.25) is 0 Å². The van der Waals surface area contributed by atoms with Gasteiger partial charge in [0.15, 0.2) is 6.29 Å². The first-order valence-electron chi connectivity index (χ1n) is 7.52. The molecule has 4 N–H and O–H groups in total. The molecule has 20 heavy (non-hydrogen) atoms. The number of aliphatic hydroxyl groups excluding tert-OH is 3. The van der Waals surface area contributed by atoms with Crippen LogP contribution in [0.25, 0.3) is 0 Å². The molecule has 2 aliphatic rings. The van der Waals surface area contributed by atoms with Crippen LogP contribution in [0.5, 0.6) is 0 Å². The summed E-state index contributed by atoms with van der Waals surface area (Å²) in [6.07, 6.45) is -0.0253. The molecule has 1 unspecified atom stereocenters. The standard InChI is InChI=1S/C14H26O6/c1-2-19-13-14(18,9-6-4-3-5-7-9)12(17)11(16)10(8-15)20-13/h9-13,15-18H,2-8H2,1H3/t10-,11-,12+,13?,14-/m1/s1. The predicted molar refractivity (Wildman–Crippen MR) is 70.9 cm³/mol. The van der Waals surface area contributed by atoms with E-state index in [0.717, 1.165) is 32.1 Å². The van der Waals surface area contributed by atoms with Gasteiger partial charge in [-0.2, -0.15) is 0 Å². The Morgan fingerprint density at radius 3 is 2.40 bits per heavy atom. The van der Waals surface area contributed by atoms with Crippen molar-refractivity contribution < 1.29 is 29.9 Å². The quantitative estimate of drug-likeness (QED) is 0.571. The summed E-state index contributed by atoms with van der Waals surface area (Å²) in [4.78, 5) is 0. The van der Waals surface area contributed by atoms with Gasteiger partial charge in [0.25, 0.3) is 0 Å². The van der Waals surface area contributed by atoms with E-state index in [1.54, 1.807) is 6.92 Å². The van der Waals surface area contributed by atoms with E-state index in [2.05, 4.69) is 0 Å². The summed E-state index contributed by atoms with van der Waals surface area (Å²) in [7, 11) is 0. The molecule has 0 radical (unpaired) electrons. The van der Waals surface area contributed by atoms with E-state index in [0.29, 0.717) is 6.61 Å². The Labute approximate surface area is 119 Å². The summed E-state index contributed by atoms with van der Waals surface area (Å²) < 4.78 is 10.9. The van der Waals surface area contributed by atoms with Crippen molar-refractivity contribution in [1.29, 1.82) is 0 Å². The van der Waals surface area contributed by atoms with Gasteiger partial charge in [-0.15, -0.1) is 0 Å². The maximum Gasteiger partial charge on any atom is 0.189 e. The predicted octanol–water partition coefficient (Wildman–Crippen LogP) is -0.227. The minimum atomic E-state index is -1.62. The molecule has 6 heteroatoms. The molecule has 1 heterocycles. The van der Waals surface area contributed by atoms with E-state index in [-0.39, 0.29) is 5.92 Å². The molecule has 1 saturated heterocycles. The lowest BCUT2D eigenvalue weighted by Crippen LogP contribution is -2.70. The van der Waals surface area contributed by atoms with Crippen molar-refractivity contribution in [2.45, 2.75) is 69.2 Å². The molecule has 6 nitrogen and oxygen atoms in total. The summed E-state index contributed by atoms with van der Waals surface area (Å²) in [5.74, 6) is -0.169. The van der Waals surface area contributed by atoms with Crippen LogP contribution in [0.1, 0.15) is 39.0 Å². The molecule has 0 aromatic rings. The van der Waals surface area contributed by atoms with E-state index in [1.807, 2.05) is 0 Å². The topological polar surface area (TPSA) is 99.4 Å². The number of hydrogen-bond acceptors (Lipinski definition) is 6. The van der Waals surface area contributed by atoms with Crippen LogP contribution >= 0.6 is 0 Å². The van der Waals surface area contributed by atoms with Crippen LogP contribution in [0.2, 0.25) is 0 Å². The molecule has 0 amide bonds. The van der Waals surface area contributed by atoms with Crippen LogP contribution in [-0.2, 0) is 9.47 Å². The molecule has 118 valence electrons. The highest BCUT2D eigenvalue weighted by atomic mass is 16.7. The van der Waals surface area contributed by atoms with Gasteiger partial charge < -0.3 is 29.9 Å². The zero-order valence-electron chi connectivity index (χ0n) is 11.9. The molecule has 0 aromatic carbocycles. The van der Waals surface area contributed by atoms with Crippen molar-refractivity contribution >= 4 is 0 Å². The van der Waals surface area contributed by atoms with E-state index in [1.165, 1.54) is 0 Å². The van der Waals surface area contributed by atoms with Crippen LogP contribution in [0.15, 0.2) is 0 Å². The van der Waals surface area contributed by atoms with Gasteiger partial charge >= 0.3 is 0 Å². The Morgan fingerprint density at radius 2 is 1.85 bits per heavy atom. The van der Waals surface area contributed by atoms with Gasteiger partial charge in [-0.3, -0.25) is 0 Å². The molecule has 5 atom stereocenters. The third-order valence-corrected chi connectivity index (χ3v) is 4.61. The van der Waals surface area contributed by atoms with Gasteiger partial charge in [0.1, 0.15) is 23.9 Å². The van der Waals surface area contributed by atoms with Crippen LogP contribution < -0.4 is 0 Å². The Kier molecular flexibility index (Phi) is 5.39. The molecule has 0 bridgehead atoms. The van der Waals surface area contributed by atoms with Crippen molar-refractivity contribution in [1.82, 2.24) is 0 Å². The van der Waals surface area contributed by atoms with Crippen LogP contribution in [0.4, 0.5) is 0 Å². The average Bonchev–Trinajstić information content (AvgIpc) is 2.49. The molecule has 2 rings (SSSR count). The summed E-state index contributed by atoms with van der Waals surface area (Å²) in [6.45, 7) is 1.67. The maximum absolute atomic E-state index is 11.0. The zero-order chi connectivity index (χ0) is 14.8. The first-order chi connectivity index (χ1) is 9.55. The Morgan fingerprint density at radius 1 is 1.20 bits per heavy atom. The Bertz CT molecular complexity index is 306. The first kappa shape index (κ1) is 16.1. The smallest absolute Gasteiger partial charge is 0.189 e. The second-order valence-corrected chi connectivity index (χ2v) is 5.80. The fourth-order valence-corrected chi connectivity index (χ4v) is 3.44. The molecule has 0 spiro atoms. The van der Waals surface area contributed by atoms with Crippen molar-refractivity contribution in [2.24, 2.45) is 5.92 Å². The van der Waals surface area contributed by atoms with Gasteiger partial charge in [0, 0.05) is 6.61 Å². The second-order valence-electron chi connectivity index (χ2n) is 5.80. The van der Waals surface area contributed by atoms with E-state index in [9.17, 15) is 20.4 Å². The second kappa shape index (κ2) is 6.68. The summed E-state index contributed by atoms with van der Waals surface area (Å²) in [5, 5.41) is 40.6. The molecular formula is C14H26O6.